The number of amides is 1. The standard InChI is InChI=1S/C17H15ClN4O3S/c1-25-14-7-6-10(8-12(14)18)20-15(23)9-26-17-21-13-5-3-2-4-11(13)16(24)22(17)19/h2-8H,9,19H2,1H3,(H,20,23). The molecule has 1 aromatic heterocycles. The molecule has 26 heavy (non-hydrogen) atoms. The quantitative estimate of drug-likeness (QED) is 0.394. The number of thioether (sulfide) groups is 1. The lowest BCUT2D eigenvalue weighted by Crippen LogP contribution is -2.30. The van der Waals surface area contributed by atoms with Crippen molar-refractivity contribution in [2.75, 3.05) is 24.0 Å². The number of nitrogens with zero attached hydrogens (tertiary/aromatic N) is 2. The second kappa shape index (κ2) is 7.67. The second-order valence-electron chi connectivity index (χ2n) is 5.27. The first-order valence-corrected chi connectivity index (χ1v) is 8.89. The summed E-state index contributed by atoms with van der Waals surface area (Å²) in [6.45, 7) is 0. The number of anilines is 1. The number of nitrogen functional groups attached to an aromatic ring is 1. The number of rotatable bonds is 5. The molecule has 0 fully saturated rings. The molecule has 0 spiro atoms. The van der Waals surface area contributed by atoms with Gasteiger partial charge in [-0.05, 0) is 30.3 Å². The zero-order chi connectivity index (χ0) is 18.7. The Morgan fingerprint density at radius 1 is 1.35 bits per heavy atom. The molecular weight excluding hydrogens is 376 g/mol. The number of nitrogens with two attached hydrogens (primary N) is 1. The van der Waals surface area contributed by atoms with Crippen LogP contribution in [0.25, 0.3) is 10.9 Å². The van der Waals surface area contributed by atoms with E-state index in [1.165, 1.54) is 7.11 Å². The Morgan fingerprint density at radius 2 is 2.12 bits per heavy atom. The predicted molar refractivity (Wildman–Crippen MR) is 104 cm³/mol. The maximum Gasteiger partial charge on any atom is 0.280 e. The SMILES string of the molecule is COc1ccc(NC(=O)CSc2nc3ccccc3c(=O)n2N)cc1Cl. The normalized spacial score (nSPS) is 10.7. The molecule has 0 aliphatic rings. The van der Waals surface area contributed by atoms with Crippen LogP contribution in [0.3, 0.4) is 0 Å². The number of ether oxygens (including phenoxy) is 1. The third kappa shape index (κ3) is 3.76. The highest BCUT2D eigenvalue weighted by atomic mass is 35.5. The number of halogens is 1. The fourth-order valence-electron chi connectivity index (χ4n) is 2.30. The minimum Gasteiger partial charge on any atom is -0.495 e. The minimum absolute atomic E-state index is 0.0334. The zero-order valence-electron chi connectivity index (χ0n) is 13.7. The van der Waals surface area contributed by atoms with Crippen molar-refractivity contribution in [1.29, 1.82) is 0 Å². The zero-order valence-corrected chi connectivity index (χ0v) is 15.3. The van der Waals surface area contributed by atoms with E-state index in [-0.39, 0.29) is 22.4 Å². The van der Waals surface area contributed by atoms with E-state index in [4.69, 9.17) is 22.2 Å². The van der Waals surface area contributed by atoms with Crippen molar-refractivity contribution in [2.24, 2.45) is 0 Å². The lowest BCUT2D eigenvalue weighted by atomic mass is 10.2. The molecular formula is C17H15ClN4O3S. The van der Waals surface area contributed by atoms with E-state index in [2.05, 4.69) is 10.3 Å². The topological polar surface area (TPSA) is 99.2 Å². The summed E-state index contributed by atoms with van der Waals surface area (Å²) in [4.78, 5) is 28.7. The molecule has 0 radical (unpaired) electrons. The molecule has 1 amide bonds. The van der Waals surface area contributed by atoms with Crippen LogP contribution in [0.4, 0.5) is 5.69 Å². The highest BCUT2D eigenvalue weighted by Gasteiger charge is 2.12. The van der Waals surface area contributed by atoms with Gasteiger partial charge in [-0.2, -0.15) is 0 Å². The van der Waals surface area contributed by atoms with Crippen molar-refractivity contribution in [3.8, 4) is 5.75 Å². The number of benzene rings is 2. The van der Waals surface area contributed by atoms with E-state index in [1.807, 2.05) is 0 Å². The summed E-state index contributed by atoms with van der Waals surface area (Å²) in [7, 11) is 1.51. The van der Waals surface area contributed by atoms with Crippen LogP contribution in [-0.2, 0) is 4.79 Å². The molecule has 0 saturated carbocycles. The first-order valence-electron chi connectivity index (χ1n) is 7.52. The van der Waals surface area contributed by atoms with Crippen molar-refractivity contribution >= 4 is 45.9 Å². The van der Waals surface area contributed by atoms with E-state index in [0.29, 0.717) is 27.4 Å². The molecule has 0 unspecified atom stereocenters. The first-order chi connectivity index (χ1) is 12.5. The predicted octanol–water partition coefficient (Wildman–Crippen LogP) is 2.50. The molecule has 2 aromatic carbocycles. The van der Waals surface area contributed by atoms with Crippen molar-refractivity contribution < 1.29 is 9.53 Å². The van der Waals surface area contributed by atoms with E-state index in [1.54, 1.807) is 42.5 Å². The maximum atomic E-state index is 12.2. The Kier molecular flexibility index (Phi) is 5.34. The van der Waals surface area contributed by atoms with E-state index in [0.717, 1.165) is 16.4 Å². The van der Waals surface area contributed by atoms with Gasteiger partial charge in [0.15, 0.2) is 5.16 Å². The van der Waals surface area contributed by atoms with Gasteiger partial charge in [-0.3, -0.25) is 9.59 Å². The molecule has 0 aliphatic carbocycles. The number of aromatic nitrogens is 2. The first kappa shape index (κ1) is 18.1. The minimum atomic E-state index is -0.361. The fourth-order valence-corrected chi connectivity index (χ4v) is 3.27. The number of hydrogen-bond acceptors (Lipinski definition) is 6. The van der Waals surface area contributed by atoms with Crippen LogP contribution in [0.2, 0.25) is 5.02 Å². The molecule has 0 saturated heterocycles. The number of para-hydroxylation sites is 1. The van der Waals surface area contributed by atoms with Gasteiger partial charge in [0.25, 0.3) is 5.56 Å². The summed E-state index contributed by atoms with van der Waals surface area (Å²) in [5.41, 5.74) is 0.711. The molecule has 9 heteroatoms. The Hall–Kier alpha value is -2.71. The Labute approximate surface area is 158 Å². The van der Waals surface area contributed by atoms with Crippen LogP contribution >= 0.6 is 23.4 Å². The van der Waals surface area contributed by atoms with Crippen LogP contribution < -0.4 is 21.5 Å². The van der Waals surface area contributed by atoms with E-state index in [9.17, 15) is 9.59 Å². The molecule has 3 aromatic rings. The highest BCUT2D eigenvalue weighted by Crippen LogP contribution is 2.27. The lowest BCUT2D eigenvalue weighted by molar-refractivity contribution is -0.113. The summed E-state index contributed by atoms with van der Waals surface area (Å²) in [6, 6.07) is 11.8. The molecule has 0 aliphatic heterocycles. The van der Waals surface area contributed by atoms with Crippen LogP contribution in [0.1, 0.15) is 0 Å². The molecule has 0 bridgehead atoms. The average Bonchev–Trinajstić information content (AvgIpc) is 2.64. The van der Waals surface area contributed by atoms with Gasteiger partial charge in [0.2, 0.25) is 5.91 Å². The summed E-state index contributed by atoms with van der Waals surface area (Å²) in [6.07, 6.45) is 0. The summed E-state index contributed by atoms with van der Waals surface area (Å²) in [5, 5.41) is 3.80. The van der Waals surface area contributed by atoms with Gasteiger partial charge >= 0.3 is 0 Å². The third-order valence-electron chi connectivity index (χ3n) is 3.54. The summed E-state index contributed by atoms with van der Waals surface area (Å²) < 4.78 is 6.02. The maximum absolute atomic E-state index is 12.2. The molecule has 3 rings (SSSR count). The smallest absolute Gasteiger partial charge is 0.280 e. The Balaban J connectivity index is 1.72. The Morgan fingerprint density at radius 3 is 2.85 bits per heavy atom. The van der Waals surface area contributed by atoms with Crippen LogP contribution in [0.5, 0.6) is 5.75 Å². The lowest BCUT2D eigenvalue weighted by Gasteiger charge is -2.09. The van der Waals surface area contributed by atoms with Gasteiger partial charge in [0.1, 0.15) is 5.75 Å². The van der Waals surface area contributed by atoms with Crippen molar-refractivity contribution in [1.82, 2.24) is 9.66 Å². The molecule has 0 atom stereocenters. The van der Waals surface area contributed by atoms with Crippen molar-refractivity contribution in [3.63, 3.8) is 0 Å². The molecule has 1 heterocycles. The number of nitrogens with one attached hydrogen (secondary N) is 1. The highest BCUT2D eigenvalue weighted by molar-refractivity contribution is 7.99. The van der Waals surface area contributed by atoms with Gasteiger partial charge < -0.3 is 15.9 Å². The third-order valence-corrected chi connectivity index (χ3v) is 4.79. The number of carbonyl (C=O) groups is 1. The monoisotopic (exact) mass is 390 g/mol. The number of carbonyl (C=O) groups excluding carboxylic acids is 1. The largest absolute Gasteiger partial charge is 0.495 e. The van der Waals surface area contributed by atoms with Crippen molar-refractivity contribution in [3.05, 3.63) is 57.8 Å². The van der Waals surface area contributed by atoms with Gasteiger partial charge in [-0.1, -0.05) is 35.5 Å². The summed E-state index contributed by atoms with van der Waals surface area (Å²) in [5.74, 6) is 6.07. The molecule has 7 nitrogen and oxygen atoms in total. The van der Waals surface area contributed by atoms with Crippen LogP contribution in [-0.4, -0.2) is 28.4 Å². The van der Waals surface area contributed by atoms with Crippen LogP contribution in [0.15, 0.2) is 52.4 Å². The van der Waals surface area contributed by atoms with E-state index < -0.39 is 0 Å². The van der Waals surface area contributed by atoms with Gasteiger partial charge in [0.05, 0.1) is 28.8 Å². The van der Waals surface area contributed by atoms with Gasteiger partial charge in [-0.25, -0.2) is 9.66 Å². The van der Waals surface area contributed by atoms with E-state index >= 15 is 0 Å². The Bertz CT molecular complexity index is 1040. The van der Waals surface area contributed by atoms with Crippen LogP contribution in [0, 0.1) is 0 Å². The number of fused-ring (bicyclic) bond motifs is 1. The molecule has 3 N–H and O–H groups in total. The van der Waals surface area contributed by atoms with Crippen molar-refractivity contribution in [2.45, 2.75) is 5.16 Å². The van der Waals surface area contributed by atoms with Gasteiger partial charge in [0, 0.05) is 5.69 Å². The fraction of sp³-hybridized carbons (Fsp3) is 0.118. The number of hydrogen-bond donors (Lipinski definition) is 2. The van der Waals surface area contributed by atoms with Gasteiger partial charge in [-0.15, -0.1) is 0 Å². The average molecular weight is 391 g/mol. The number of methoxy groups -OCH3 is 1. The second-order valence-corrected chi connectivity index (χ2v) is 6.62. The molecule has 134 valence electrons. The summed E-state index contributed by atoms with van der Waals surface area (Å²) >= 11 is 7.11.